The quantitative estimate of drug-likeness (QED) is 0.446. The Morgan fingerprint density at radius 2 is 1.81 bits per heavy atom. The van der Waals surface area contributed by atoms with Crippen LogP contribution in [-0.2, 0) is 24.3 Å². The van der Waals surface area contributed by atoms with Gasteiger partial charge in [0.15, 0.2) is 5.65 Å². The zero-order valence-corrected chi connectivity index (χ0v) is 18.5. The molecule has 0 atom stereocenters. The van der Waals surface area contributed by atoms with Crippen LogP contribution in [0.4, 0.5) is 0 Å². The summed E-state index contributed by atoms with van der Waals surface area (Å²) in [5, 5.41) is 9.42. The van der Waals surface area contributed by atoms with E-state index in [1.54, 1.807) is 51.1 Å². The lowest BCUT2D eigenvalue weighted by Crippen LogP contribution is -2.22. The summed E-state index contributed by atoms with van der Waals surface area (Å²) in [6.07, 6.45) is 7.76. The fraction of sp³-hybridized carbons (Fsp3) is 0.174. The van der Waals surface area contributed by atoms with Gasteiger partial charge in [-0.2, -0.15) is 0 Å². The van der Waals surface area contributed by atoms with Crippen LogP contribution in [0.15, 0.2) is 65.8 Å². The van der Waals surface area contributed by atoms with E-state index in [-0.39, 0.29) is 16.1 Å². The average molecular weight is 455 g/mol. The number of fused-ring (bicyclic) bond motifs is 1. The van der Waals surface area contributed by atoms with Crippen LogP contribution in [0.2, 0.25) is 0 Å². The number of carbonyl (C=O) groups is 2. The van der Waals surface area contributed by atoms with Crippen molar-refractivity contribution in [2.24, 2.45) is 0 Å². The largest absolute Gasteiger partial charge is 0.478 e. The Morgan fingerprint density at radius 1 is 1.09 bits per heavy atom. The molecule has 0 amide bonds. The Balaban J connectivity index is 1.96. The second-order valence-electron chi connectivity index (χ2n) is 7.87. The number of benzene rings is 1. The number of hydrogen-bond donors (Lipinski definition) is 1. The summed E-state index contributed by atoms with van der Waals surface area (Å²) in [7, 11) is -4.04. The van der Waals surface area contributed by atoms with Gasteiger partial charge >= 0.3 is 11.9 Å². The molecule has 0 aliphatic rings. The van der Waals surface area contributed by atoms with Crippen molar-refractivity contribution in [3.8, 4) is 0 Å². The van der Waals surface area contributed by atoms with Gasteiger partial charge in [0, 0.05) is 29.9 Å². The minimum atomic E-state index is -4.04. The summed E-state index contributed by atoms with van der Waals surface area (Å²) in [6.45, 7) is 5.31. The second-order valence-corrected chi connectivity index (χ2v) is 9.66. The lowest BCUT2D eigenvalue weighted by molar-refractivity contribution is -0.148. The first-order valence-corrected chi connectivity index (χ1v) is 11.1. The van der Waals surface area contributed by atoms with Gasteiger partial charge in [-0.3, -0.25) is 0 Å². The molecule has 1 aromatic carbocycles. The number of pyridine rings is 1. The maximum atomic E-state index is 13.3. The summed E-state index contributed by atoms with van der Waals surface area (Å²) in [6, 6.07) is 9.40. The normalized spacial score (nSPS) is 12.6. The topological polar surface area (TPSA) is 116 Å². The standard InChI is InChI=1S/C23H22N2O6S/c1-23(2,3)31-21(28)11-8-16-14-18-12-13-25(22(18)24-15-16)32(29,30)19-7-5-4-6-17(19)9-10-20(26)27/h4-15H,1-3H3,(H,26,27)/b10-9?,11-8+. The number of carbonyl (C=O) groups excluding carboxylic acids is 1. The van der Waals surface area contributed by atoms with Crippen LogP contribution in [0.3, 0.4) is 0 Å². The average Bonchev–Trinajstić information content (AvgIpc) is 3.14. The molecule has 1 N–H and O–H groups in total. The number of aliphatic carboxylic acids is 1. The highest BCUT2D eigenvalue weighted by molar-refractivity contribution is 7.90. The van der Waals surface area contributed by atoms with E-state index in [0.29, 0.717) is 10.9 Å². The molecular formula is C23H22N2O6S. The van der Waals surface area contributed by atoms with Crippen molar-refractivity contribution < 1.29 is 27.9 Å². The number of hydrogen-bond acceptors (Lipinski definition) is 6. The predicted octanol–water partition coefficient (Wildman–Crippen LogP) is 3.73. The van der Waals surface area contributed by atoms with Crippen molar-refractivity contribution in [3.63, 3.8) is 0 Å². The highest BCUT2D eigenvalue weighted by Gasteiger charge is 2.22. The molecule has 9 heteroatoms. The zero-order valence-electron chi connectivity index (χ0n) is 17.7. The minimum Gasteiger partial charge on any atom is -0.478 e. The van der Waals surface area contributed by atoms with E-state index in [9.17, 15) is 18.0 Å². The number of carboxylic acid groups (broad SMARTS) is 1. The Morgan fingerprint density at radius 3 is 2.50 bits per heavy atom. The van der Waals surface area contributed by atoms with Gasteiger partial charge in [0.1, 0.15) is 5.60 Å². The number of esters is 1. The number of nitrogens with zero attached hydrogens (tertiary/aromatic N) is 2. The van der Waals surface area contributed by atoms with Gasteiger partial charge in [-0.25, -0.2) is 27.0 Å². The van der Waals surface area contributed by atoms with Crippen LogP contribution >= 0.6 is 0 Å². The zero-order chi connectivity index (χ0) is 23.5. The molecule has 0 unspecified atom stereocenters. The monoisotopic (exact) mass is 454 g/mol. The summed E-state index contributed by atoms with van der Waals surface area (Å²) >= 11 is 0. The molecule has 2 heterocycles. The van der Waals surface area contributed by atoms with Crippen LogP contribution in [0.25, 0.3) is 23.2 Å². The highest BCUT2D eigenvalue weighted by Crippen LogP contribution is 2.25. The van der Waals surface area contributed by atoms with Crippen LogP contribution in [0.5, 0.6) is 0 Å². The first kappa shape index (κ1) is 23.0. The van der Waals surface area contributed by atoms with Crippen molar-refractivity contribution in [2.75, 3.05) is 0 Å². The maximum Gasteiger partial charge on any atom is 0.331 e. The van der Waals surface area contributed by atoms with E-state index in [0.717, 1.165) is 10.0 Å². The van der Waals surface area contributed by atoms with Crippen molar-refractivity contribution in [1.82, 2.24) is 8.96 Å². The third-order valence-corrected chi connectivity index (χ3v) is 5.93. The molecule has 8 nitrogen and oxygen atoms in total. The number of ether oxygens (including phenoxy) is 1. The molecule has 166 valence electrons. The maximum absolute atomic E-state index is 13.3. The Bertz CT molecular complexity index is 1340. The second kappa shape index (κ2) is 8.80. The smallest absolute Gasteiger partial charge is 0.331 e. The first-order chi connectivity index (χ1) is 15.0. The molecule has 0 aliphatic heterocycles. The van der Waals surface area contributed by atoms with Crippen LogP contribution in [0.1, 0.15) is 31.9 Å². The van der Waals surface area contributed by atoms with Gasteiger partial charge in [0.25, 0.3) is 10.0 Å². The van der Waals surface area contributed by atoms with Gasteiger partial charge in [0.05, 0.1) is 4.90 Å². The molecule has 3 rings (SSSR count). The van der Waals surface area contributed by atoms with Crippen molar-refractivity contribution in [1.29, 1.82) is 0 Å². The van der Waals surface area contributed by atoms with Crippen molar-refractivity contribution in [3.05, 3.63) is 72.1 Å². The highest BCUT2D eigenvalue weighted by atomic mass is 32.2. The lowest BCUT2D eigenvalue weighted by Gasteiger charge is -2.17. The molecular weight excluding hydrogens is 432 g/mol. The molecule has 3 aromatic rings. The van der Waals surface area contributed by atoms with Gasteiger partial charge in [-0.05, 0) is 62.2 Å². The van der Waals surface area contributed by atoms with Gasteiger partial charge in [-0.15, -0.1) is 0 Å². The van der Waals surface area contributed by atoms with Gasteiger partial charge in [-0.1, -0.05) is 18.2 Å². The number of aromatic nitrogens is 2. The third-order valence-electron chi connectivity index (χ3n) is 4.19. The summed E-state index contributed by atoms with van der Waals surface area (Å²) < 4.78 is 32.8. The molecule has 2 aromatic heterocycles. The molecule has 0 radical (unpaired) electrons. The lowest BCUT2D eigenvalue weighted by atomic mass is 10.2. The molecule has 0 aliphatic carbocycles. The van der Waals surface area contributed by atoms with E-state index in [1.165, 1.54) is 36.7 Å². The van der Waals surface area contributed by atoms with Crippen LogP contribution in [-0.4, -0.2) is 40.0 Å². The van der Waals surface area contributed by atoms with Crippen LogP contribution in [0, 0.1) is 0 Å². The van der Waals surface area contributed by atoms with Gasteiger partial charge < -0.3 is 9.84 Å². The fourth-order valence-electron chi connectivity index (χ4n) is 2.92. The summed E-state index contributed by atoms with van der Waals surface area (Å²) in [5.41, 5.74) is 0.443. The molecule has 0 saturated carbocycles. The van der Waals surface area contributed by atoms with Gasteiger partial charge in [0.2, 0.25) is 0 Å². The number of rotatable bonds is 6. The van der Waals surface area contributed by atoms with Crippen LogP contribution < -0.4 is 0 Å². The molecule has 32 heavy (non-hydrogen) atoms. The van der Waals surface area contributed by atoms with E-state index >= 15 is 0 Å². The van der Waals surface area contributed by atoms with Crippen molar-refractivity contribution in [2.45, 2.75) is 31.3 Å². The Kier molecular flexibility index (Phi) is 6.31. The SMILES string of the molecule is CC(C)(C)OC(=O)/C=C/c1cnc2c(ccn2S(=O)(=O)c2ccccc2C=CC(=O)O)c1. The van der Waals surface area contributed by atoms with Crippen molar-refractivity contribution >= 4 is 45.1 Å². The van der Waals surface area contributed by atoms with E-state index in [2.05, 4.69) is 4.98 Å². The molecule has 0 bridgehead atoms. The molecule has 0 saturated heterocycles. The van der Waals surface area contributed by atoms with E-state index < -0.39 is 27.6 Å². The van der Waals surface area contributed by atoms with E-state index in [4.69, 9.17) is 9.84 Å². The molecule has 0 fully saturated rings. The first-order valence-electron chi connectivity index (χ1n) is 9.61. The number of carboxylic acids is 1. The fourth-order valence-corrected chi connectivity index (χ4v) is 4.42. The minimum absolute atomic E-state index is 0.0503. The summed E-state index contributed by atoms with van der Waals surface area (Å²) in [4.78, 5) is 26.9. The Labute approximate surface area is 185 Å². The predicted molar refractivity (Wildman–Crippen MR) is 120 cm³/mol. The molecule has 0 spiro atoms. The third kappa shape index (κ3) is 5.30. The Hall–Kier alpha value is -3.72. The van der Waals surface area contributed by atoms with E-state index in [1.807, 2.05) is 0 Å². The summed E-state index contributed by atoms with van der Waals surface area (Å²) in [5.74, 6) is -1.68.